The number of aromatic nitrogens is 2. The maximum absolute atomic E-state index is 12.8. The molecule has 1 unspecified atom stereocenters. The number of hydrogen-bond acceptors (Lipinski definition) is 2. The molecule has 0 saturated carbocycles. The fourth-order valence-corrected chi connectivity index (χ4v) is 2.38. The highest BCUT2D eigenvalue weighted by molar-refractivity contribution is 9.10. The zero-order valence-corrected chi connectivity index (χ0v) is 12.2. The minimum Gasteiger partial charge on any atom is -0.324 e. The molecule has 108 valence electrons. The van der Waals surface area contributed by atoms with Crippen LogP contribution >= 0.6 is 15.9 Å². The van der Waals surface area contributed by atoms with E-state index < -0.39 is 17.8 Å². The van der Waals surface area contributed by atoms with Crippen LogP contribution in [0.1, 0.15) is 22.9 Å². The van der Waals surface area contributed by atoms with Crippen molar-refractivity contribution in [2.75, 3.05) is 0 Å². The molecule has 3 nitrogen and oxygen atoms in total. The number of halogens is 4. The summed E-state index contributed by atoms with van der Waals surface area (Å²) in [6, 6.07) is 5.31. The molecule has 0 amide bonds. The van der Waals surface area contributed by atoms with Gasteiger partial charge in [0.1, 0.15) is 0 Å². The van der Waals surface area contributed by atoms with Gasteiger partial charge >= 0.3 is 6.18 Å². The van der Waals surface area contributed by atoms with Gasteiger partial charge < -0.3 is 5.73 Å². The Morgan fingerprint density at radius 1 is 1.35 bits per heavy atom. The van der Waals surface area contributed by atoms with Crippen LogP contribution in [0.3, 0.4) is 0 Å². The lowest BCUT2D eigenvalue weighted by Crippen LogP contribution is -2.15. The maximum atomic E-state index is 12.8. The fraction of sp³-hybridized carbons (Fsp3) is 0.308. The van der Waals surface area contributed by atoms with Crippen molar-refractivity contribution in [3.63, 3.8) is 0 Å². The van der Waals surface area contributed by atoms with E-state index in [0.717, 1.165) is 11.8 Å². The molecule has 20 heavy (non-hydrogen) atoms. The van der Waals surface area contributed by atoms with Gasteiger partial charge in [0.05, 0.1) is 11.3 Å². The molecule has 0 radical (unpaired) electrons. The molecule has 2 N–H and O–H groups in total. The Balaban J connectivity index is 2.24. The number of aryl methyl sites for hydroxylation is 1. The molecule has 2 rings (SSSR count). The number of alkyl halides is 3. The summed E-state index contributed by atoms with van der Waals surface area (Å²) in [5, 5.41) is 4.17. The van der Waals surface area contributed by atoms with Crippen molar-refractivity contribution >= 4 is 15.9 Å². The molecule has 0 saturated heterocycles. The highest BCUT2D eigenvalue weighted by atomic mass is 79.9. The van der Waals surface area contributed by atoms with E-state index >= 15 is 0 Å². The van der Waals surface area contributed by atoms with Gasteiger partial charge in [-0.05, 0) is 23.8 Å². The van der Waals surface area contributed by atoms with Crippen molar-refractivity contribution in [1.82, 2.24) is 9.78 Å². The lowest BCUT2D eigenvalue weighted by molar-refractivity contribution is -0.138. The van der Waals surface area contributed by atoms with Gasteiger partial charge in [0.2, 0.25) is 0 Å². The normalized spacial score (nSPS) is 13.5. The summed E-state index contributed by atoms with van der Waals surface area (Å²) >= 11 is 2.91. The number of nitrogens with two attached hydrogens (primary N) is 1. The average Bonchev–Trinajstić information content (AvgIpc) is 2.73. The summed E-state index contributed by atoms with van der Waals surface area (Å²) in [6.07, 6.45) is -2.25. The zero-order valence-electron chi connectivity index (χ0n) is 10.7. The van der Waals surface area contributed by atoms with Crippen LogP contribution in [0, 0.1) is 0 Å². The quantitative estimate of drug-likeness (QED) is 0.924. The van der Waals surface area contributed by atoms with Crippen LogP contribution in [-0.4, -0.2) is 9.78 Å². The first kappa shape index (κ1) is 15.1. The predicted octanol–water partition coefficient (Wildman–Crippen LogP) is 3.44. The van der Waals surface area contributed by atoms with Crippen molar-refractivity contribution in [3.8, 4) is 0 Å². The number of benzene rings is 1. The van der Waals surface area contributed by atoms with E-state index in [1.807, 2.05) is 0 Å². The Morgan fingerprint density at radius 3 is 2.60 bits per heavy atom. The molecule has 1 heterocycles. The second-order valence-electron chi connectivity index (χ2n) is 4.53. The first-order chi connectivity index (χ1) is 9.27. The van der Waals surface area contributed by atoms with E-state index in [1.165, 1.54) is 6.07 Å². The topological polar surface area (TPSA) is 43.8 Å². The van der Waals surface area contributed by atoms with Crippen molar-refractivity contribution < 1.29 is 13.2 Å². The Labute approximate surface area is 122 Å². The van der Waals surface area contributed by atoms with Crippen molar-refractivity contribution in [1.29, 1.82) is 0 Å². The van der Waals surface area contributed by atoms with Crippen LogP contribution in [0.15, 0.2) is 34.9 Å². The summed E-state index contributed by atoms with van der Waals surface area (Å²) in [7, 11) is 1.77. The first-order valence-corrected chi connectivity index (χ1v) is 6.67. The van der Waals surface area contributed by atoms with E-state index in [0.29, 0.717) is 12.0 Å². The number of nitrogens with zero attached hydrogens (tertiary/aromatic N) is 2. The smallest absolute Gasteiger partial charge is 0.324 e. The summed E-state index contributed by atoms with van der Waals surface area (Å²) in [5.74, 6) is 0. The van der Waals surface area contributed by atoms with Crippen LogP contribution in [0.25, 0.3) is 0 Å². The Bertz CT molecular complexity index is 607. The summed E-state index contributed by atoms with van der Waals surface area (Å²) in [4.78, 5) is 0. The zero-order chi connectivity index (χ0) is 14.9. The Kier molecular flexibility index (Phi) is 4.19. The predicted molar refractivity (Wildman–Crippen MR) is 73.0 cm³/mol. The molecule has 7 heteroatoms. The molecule has 0 bridgehead atoms. The fourth-order valence-electron chi connectivity index (χ4n) is 1.91. The van der Waals surface area contributed by atoms with Crippen LogP contribution < -0.4 is 5.73 Å². The molecular formula is C13H13BrF3N3. The average molecular weight is 348 g/mol. The molecule has 1 aromatic carbocycles. The first-order valence-electron chi connectivity index (χ1n) is 5.88. The number of hydrogen-bond donors (Lipinski definition) is 1. The molecule has 0 spiro atoms. The van der Waals surface area contributed by atoms with Gasteiger partial charge in [-0.2, -0.15) is 18.3 Å². The second-order valence-corrected chi connectivity index (χ2v) is 5.38. The van der Waals surface area contributed by atoms with Crippen LogP contribution in [-0.2, 0) is 19.6 Å². The van der Waals surface area contributed by atoms with Crippen molar-refractivity contribution in [2.24, 2.45) is 12.8 Å². The molecular weight excluding hydrogens is 335 g/mol. The molecule has 2 aromatic rings. The van der Waals surface area contributed by atoms with E-state index in [-0.39, 0.29) is 4.47 Å². The Morgan fingerprint density at radius 2 is 2.05 bits per heavy atom. The van der Waals surface area contributed by atoms with Crippen LogP contribution in [0.5, 0.6) is 0 Å². The van der Waals surface area contributed by atoms with Gasteiger partial charge in [-0.25, -0.2) is 0 Å². The molecule has 0 aliphatic heterocycles. The maximum Gasteiger partial charge on any atom is 0.417 e. The van der Waals surface area contributed by atoms with Crippen LogP contribution in [0.4, 0.5) is 13.2 Å². The molecule has 0 aliphatic carbocycles. The summed E-state index contributed by atoms with van der Waals surface area (Å²) in [6.45, 7) is 0. The largest absolute Gasteiger partial charge is 0.417 e. The van der Waals surface area contributed by atoms with Gasteiger partial charge in [0, 0.05) is 30.2 Å². The van der Waals surface area contributed by atoms with Gasteiger partial charge in [0.25, 0.3) is 0 Å². The minimum absolute atomic E-state index is 0.0128. The van der Waals surface area contributed by atoms with Gasteiger partial charge in [-0.3, -0.25) is 4.68 Å². The summed E-state index contributed by atoms with van der Waals surface area (Å²) in [5.41, 5.74) is 6.43. The van der Waals surface area contributed by atoms with Gasteiger partial charge in [0.15, 0.2) is 0 Å². The standard InChI is InChI=1S/C13H13BrF3N3/c1-20-5-4-9(19-20)7-12(18)8-2-3-11(14)10(6-8)13(15,16)17/h2-6,12H,7,18H2,1H3. The molecule has 0 fully saturated rings. The van der Waals surface area contributed by atoms with Crippen molar-refractivity contribution in [2.45, 2.75) is 18.6 Å². The van der Waals surface area contributed by atoms with E-state index in [4.69, 9.17) is 5.73 Å². The highest BCUT2D eigenvalue weighted by Crippen LogP contribution is 2.36. The van der Waals surface area contributed by atoms with Gasteiger partial charge in [-0.15, -0.1) is 0 Å². The molecule has 1 atom stereocenters. The monoisotopic (exact) mass is 347 g/mol. The molecule has 1 aromatic heterocycles. The van der Waals surface area contributed by atoms with Crippen LogP contribution in [0.2, 0.25) is 0 Å². The summed E-state index contributed by atoms with van der Waals surface area (Å²) < 4.78 is 40.2. The number of rotatable bonds is 3. The third-order valence-electron chi connectivity index (χ3n) is 2.92. The third kappa shape index (κ3) is 3.40. The minimum atomic E-state index is -4.40. The Hall–Kier alpha value is -1.34. The highest BCUT2D eigenvalue weighted by Gasteiger charge is 2.33. The third-order valence-corrected chi connectivity index (χ3v) is 3.61. The second kappa shape index (κ2) is 5.57. The van der Waals surface area contributed by atoms with Crippen molar-refractivity contribution in [3.05, 3.63) is 51.8 Å². The van der Waals surface area contributed by atoms with E-state index in [9.17, 15) is 13.2 Å². The lowest BCUT2D eigenvalue weighted by atomic mass is 10.0. The SMILES string of the molecule is Cn1ccc(CC(N)c2ccc(Br)c(C(F)(F)F)c2)n1. The van der Waals surface area contributed by atoms with E-state index in [1.54, 1.807) is 30.1 Å². The van der Waals surface area contributed by atoms with Gasteiger partial charge in [-0.1, -0.05) is 22.0 Å². The lowest BCUT2D eigenvalue weighted by Gasteiger charge is -2.15. The van der Waals surface area contributed by atoms with E-state index in [2.05, 4.69) is 21.0 Å². The molecule has 0 aliphatic rings.